The van der Waals surface area contributed by atoms with E-state index in [0.717, 1.165) is 5.56 Å². The van der Waals surface area contributed by atoms with Gasteiger partial charge in [0.15, 0.2) is 0 Å². The average molecular weight is 287 g/mol. The number of carbonyl (C=O) groups excluding carboxylic acids is 1. The van der Waals surface area contributed by atoms with Crippen LogP contribution >= 0.6 is 0 Å². The van der Waals surface area contributed by atoms with Gasteiger partial charge >= 0.3 is 6.03 Å². The third-order valence-electron chi connectivity index (χ3n) is 2.73. The predicted molar refractivity (Wildman–Crippen MR) is 77.1 cm³/mol. The van der Waals surface area contributed by atoms with Gasteiger partial charge in [0, 0.05) is 24.4 Å². The van der Waals surface area contributed by atoms with E-state index in [0.29, 0.717) is 12.2 Å². The molecule has 2 rings (SSSR count). The van der Waals surface area contributed by atoms with Crippen LogP contribution in [0.4, 0.5) is 16.2 Å². The van der Waals surface area contributed by atoms with Gasteiger partial charge in [0.2, 0.25) is 0 Å². The molecule has 2 amide bonds. The van der Waals surface area contributed by atoms with Crippen molar-refractivity contribution in [2.75, 3.05) is 5.32 Å². The third kappa shape index (κ3) is 4.20. The van der Waals surface area contributed by atoms with Crippen LogP contribution in [-0.2, 0) is 6.54 Å². The molecule has 0 spiro atoms. The number of rotatable bonds is 4. The van der Waals surface area contributed by atoms with E-state index in [1.54, 1.807) is 12.1 Å². The summed E-state index contributed by atoms with van der Waals surface area (Å²) in [7, 11) is 0. The number of hydrogen-bond donors (Lipinski definition) is 3. The molecule has 0 unspecified atom stereocenters. The number of amides is 2. The highest BCUT2D eigenvalue weighted by molar-refractivity contribution is 5.89. The number of nitrogens with one attached hydrogen (secondary N) is 2. The van der Waals surface area contributed by atoms with E-state index < -0.39 is 11.0 Å². The molecule has 7 nitrogen and oxygen atoms in total. The molecule has 0 aliphatic rings. The Morgan fingerprint density at radius 2 is 1.71 bits per heavy atom. The molecule has 7 heteroatoms. The summed E-state index contributed by atoms with van der Waals surface area (Å²) in [6.07, 6.45) is 0. The monoisotopic (exact) mass is 287 g/mol. The fraction of sp³-hybridized carbons (Fsp3) is 0.0714. The lowest BCUT2D eigenvalue weighted by molar-refractivity contribution is -0.384. The molecular weight excluding hydrogens is 274 g/mol. The zero-order valence-electron chi connectivity index (χ0n) is 10.9. The minimum absolute atomic E-state index is 0.0370. The van der Waals surface area contributed by atoms with Crippen molar-refractivity contribution in [3.8, 4) is 5.75 Å². The molecule has 0 saturated carbocycles. The Kier molecular flexibility index (Phi) is 4.35. The summed E-state index contributed by atoms with van der Waals surface area (Å²) in [5, 5.41) is 24.9. The van der Waals surface area contributed by atoms with Gasteiger partial charge in [-0.2, -0.15) is 0 Å². The first kappa shape index (κ1) is 14.3. The van der Waals surface area contributed by atoms with Crippen molar-refractivity contribution in [2.24, 2.45) is 0 Å². The van der Waals surface area contributed by atoms with Crippen LogP contribution in [0.1, 0.15) is 5.56 Å². The van der Waals surface area contributed by atoms with Gasteiger partial charge in [0.1, 0.15) is 5.75 Å². The molecule has 2 aromatic rings. The van der Waals surface area contributed by atoms with Gasteiger partial charge < -0.3 is 15.7 Å². The summed E-state index contributed by atoms with van der Waals surface area (Å²) in [6.45, 7) is 0.305. The first-order valence-electron chi connectivity index (χ1n) is 6.12. The summed E-state index contributed by atoms with van der Waals surface area (Å²) in [5.41, 5.74) is 1.26. The van der Waals surface area contributed by atoms with Crippen LogP contribution in [0.25, 0.3) is 0 Å². The molecule has 0 aliphatic carbocycles. The average Bonchev–Trinajstić information content (AvgIpc) is 2.47. The van der Waals surface area contributed by atoms with Gasteiger partial charge in [-0.05, 0) is 29.8 Å². The Morgan fingerprint density at radius 1 is 1.10 bits per heavy atom. The van der Waals surface area contributed by atoms with E-state index in [1.165, 1.54) is 36.4 Å². The van der Waals surface area contributed by atoms with E-state index in [1.807, 2.05) is 0 Å². The van der Waals surface area contributed by atoms with E-state index in [9.17, 15) is 14.9 Å². The lowest BCUT2D eigenvalue weighted by Gasteiger charge is -2.07. The summed E-state index contributed by atoms with van der Waals surface area (Å²) in [5.74, 6) is 0.161. The molecule has 0 saturated heterocycles. The molecule has 108 valence electrons. The molecule has 3 N–H and O–H groups in total. The summed E-state index contributed by atoms with van der Waals surface area (Å²) in [6, 6.07) is 11.6. The quantitative estimate of drug-likeness (QED) is 0.593. The van der Waals surface area contributed by atoms with Gasteiger partial charge in [-0.3, -0.25) is 10.1 Å². The summed E-state index contributed by atoms with van der Waals surface area (Å²) < 4.78 is 0. The number of urea groups is 1. The van der Waals surface area contributed by atoms with Crippen molar-refractivity contribution in [3.63, 3.8) is 0 Å². The van der Waals surface area contributed by atoms with Gasteiger partial charge in [-0.1, -0.05) is 12.1 Å². The lowest BCUT2D eigenvalue weighted by Crippen LogP contribution is -2.28. The Bertz CT molecular complexity index is 638. The standard InChI is InChI=1S/C14H13N3O4/c18-13-7-1-10(2-8-13)9-15-14(19)16-11-3-5-12(6-4-11)17(20)21/h1-8,18H,9H2,(H2,15,16,19). The van der Waals surface area contributed by atoms with Crippen molar-refractivity contribution in [2.45, 2.75) is 6.54 Å². The molecule has 0 radical (unpaired) electrons. The Balaban J connectivity index is 1.86. The van der Waals surface area contributed by atoms with Crippen molar-refractivity contribution in [1.29, 1.82) is 0 Å². The first-order chi connectivity index (χ1) is 10.0. The number of phenols is 1. The highest BCUT2D eigenvalue weighted by Gasteiger charge is 2.06. The van der Waals surface area contributed by atoms with E-state index in [-0.39, 0.29) is 11.4 Å². The minimum atomic E-state index is -0.505. The second kappa shape index (κ2) is 6.38. The topological polar surface area (TPSA) is 104 Å². The molecule has 0 heterocycles. The Morgan fingerprint density at radius 3 is 2.29 bits per heavy atom. The number of carbonyl (C=O) groups is 1. The van der Waals surface area contributed by atoms with Crippen LogP contribution in [0, 0.1) is 10.1 Å². The molecular formula is C14H13N3O4. The second-order valence-electron chi connectivity index (χ2n) is 4.28. The number of phenolic OH excluding ortho intramolecular Hbond substituents is 1. The minimum Gasteiger partial charge on any atom is -0.508 e. The van der Waals surface area contributed by atoms with E-state index >= 15 is 0 Å². The molecule has 0 bridgehead atoms. The first-order valence-corrected chi connectivity index (χ1v) is 6.12. The van der Waals surface area contributed by atoms with Crippen molar-refractivity contribution in [1.82, 2.24) is 5.32 Å². The van der Waals surface area contributed by atoms with Crippen LogP contribution in [0.5, 0.6) is 5.75 Å². The molecule has 0 atom stereocenters. The largest absolute Gasteiger partial charge is 0.508 e. The third-order valence-corrected chi connectivity index (χ3v) is 2.73. The van der Waals surface area contributed by atoms with Crippen molar-refractivity contribution in [3.05, 3.63) is 64.2 Å². The number of aromatic hydroxyl groups is 1. The van der Waals surface area contributed by atoms with Crippen LogP contribution in [-0.4, -0.2) is 16.1 Å². The molecule has 21 heavy (non-hydrogen) atoms. The number of anilines is 1. The van der Waals surface area contributed by atoms with E-state index in [2.05, 4.69) is 10.6 Å². The Hall–Kier alpha value is -3.09. The number of benzene rings is 2. The maximum Gasteiger partial charge on any atom is 0.319 e. The predicted octanol–water partition coefficient (Wildman–Crippen LogP) is 2.62. The van der Waals surface area contributed by atoms with Gasteiger partial charge in [0.25, 0.3) is 5.69 Å². The molecule has 0 aliphatic heterocycles. The molecule has 0 aromatic heterocycles. The zero-order chi connectivity index (χ0) is 15.2. The number of nitro groups is 1. The number of nitrogens with zero attached hydrogens (tertiary/aromatic N) is 1. The van der Waals surface area contributed by atoms with Crippen LogP contribution in [0.2, 0.25) is 0 Å². The SMILES string of the molecule is O=C(NCc1ccc(O)cc1)Nc1ccc([N+](=O)[O-])cc1. The van der Waals surface area contributed by atoms with E-state index in [4.69, 9.17) is 5.11 Å². The lowest BCUT2D eigenvalue weighted by atomic mass is 10.2. The maximum atomic E-state index is 11.7. The van der Waals surface area contributed by atoms with Crippen molar-refractivity contribution < 1.29 is 14.8 Å². The highest BCUT2D eigenvalue weighted by atomic mass is 16.6. The van der Waals surface area contributed by atoms with Gasteiger partial charge in [-0.15, -0.1) is 0 Å². The highest BCUT2D eigenvalue weighted by Crippen LogP contribution is 2.15. The summed E-state index contributed by atoms with van der Waals surface area (Å²) in [4.78, 5) is 21.7. The zero-order valence-corrected chi connectivity index (χ0v) is 10.9. The van der Waals surface area contributed by atoms with Crippen LogP contribution < -0.4 is 10.6 Å². The smallest absolute Gasteiger partial charge is 0.319 e. The summed E-state index contributed by atoms with van der Waals surface area (Å²) >= 11 is 0. The molecule has 0 fully saturated rings. The fourth-order valence-electron chi connectivity index (χ4n) is 1.64. The number of hydrogen-bond acceptors (Lipinski definition) is 4. The second-order valence-corrected chi connectivity index (χ2v) is 4.28. The number of nitro benzene ring substituents is 1. The maximum absolute atomic E-state index is 11.7. The Labute approximate surface area is 120 Å². The molecule has 2 aromatic carbocycles. The van der Waals surface area contributed by atoms with Crippen LogP contribution in [0.3, 0.4) is 0 Å². The number of non-ortho nitro benzene ring substituents is 1. The fourth-order valence-corrected chi connectivity index (χ4v) is 1.64. The van der Waals surface area contributed by atoms with Gasteiger partial charge in [-0.25, -0.2) is 4.79 Å². The normalized spacial score (nSPS) is 9.90. The van der Waals surface area contributed by atoms with Crippen molar-refractivity contribution >= 4 is 17.4 Å². The van der Waals surface area contributed by atoms with Crippen LogP contribution in [0.15, 0.2) is 48.5 Å². The van der Waals surface area contributed by atoms with Gasteiger partial charge in [0.05, 0.1) is 4.92 Å².